The molecule has 1 rings (SSSR count). The zero-order valence-corrected chi connectivity index (χ0v) is 18.2. The zero-order chi connectivity index (χ0) is 22.7. The van der Waals surface area contributed by atoms with Crippen molar-refractivity contribution in [3.8, 4) is 0 Å². The molecule has 1 aromatic rings. The lowest BCUT2D eigenvalue weighted by Gasteiger charge is -2.23. The molecule has 0 saturated heterocycles. The number of hydrogen-bond donors (Lipinski definition) is 5. The molecular formula is C20H30N4O5S. The van der Waals surface area contributed by atoms with Crippen molar-refractivity contribution in [3.63, 3.8) is 0 Å². The summed E-state index contributed by atoms with van der Waals surface area (Å²) < 4.78 is 0. The van der Waals surface area contributed by atoms with Crippen molar-refractivity contribution in [1.82, 2.24) is 16.0 Å². The van der Waals surface area contributed by atoms with Crippen molar-refractivity contribution >= 4 is 35.5 Å². The minimum absolute atomic E-state index is 0.168. The molecule has 166 valence electrons. The second kappa shape index (κ2) is 12.9. The summed E-state index contributed by atoms with van der Waals surface area (Å²) in [5.41, 5.74) is 6.29. The van der Waals surface area contributed by atoms with Crippen LogP contribution in [-0.4, -0.2) is 65.0 Å². The Morgan fingerprint density at radius 3 is 2.10 bits per heavy atom. The Morgan fingerprint density at radius 2 is 1.57 bits per heavy atom. The summed E-state index contributed by atoms with van der Waals surface area (Å²) in [7, 11) is 0. The van der Waals surface area contributed by atoms with Crippen LogP contribution in [0.4, 0.5) is 0 Å². The number of carboxylic acid groups (broad SMARTS) is 1. The number of nitrogens with two attached hydrogens (primary N) is 1. The highest BCUT2D eigenvalue weighted by Gasteiger charge is 2.28. The van der Waals surface area contributed by atoms with Gasteiger partial charge in [-0.2, -0.15) is 11.8 Å². The maximum Gasteiger partial charge on any atom is 0.326 e. The minimum Gasteiger partial charge on any atom is -0.480 e. The largest absolute Gasteiger partial charge is 0.480 e. The lowest BCUT2D eigenvalue weighted by Crippen LogP contribution is -2.56. The summed E-state index contributed by atoms with van der Waals surface area (Å²) in [6.45, 7) is 2.97. The average Bonchev–Trinajstić information content (AvgIpc) is 2.70. The van der Waals surface area contributed by atoms with Crippen molar-refractivity contribution in [2.75, 3.05) is 12.0 Å². The summed E-state index contributed by atoms with van der Waals surface area (Å²) in [4.78, 5) is 48.5. The number of nitrogens with one attached hydrogen (secondary N) is 3. The Hall–Kier alpha value is -2.59. The molecule has 0 saturated carbocycles. The van der Waals surface area contributed by atoms with Gasteiger partial charge in [-0.05, 0) is 37.8 Å². The van der Waals surface area contributed by atoms with Crippen molar-refractivity contribution < 1.29 is 24.3 Å². The zero-order valence-electron chi connectivity index (χ0n) is 17.4. The molecule has 9 nitrogen and oxygen atoms in total. The molecule has 4 atom stereocenters. The van der Waals surface area contributed by atoms with Gasteiger partial charge >= 0.3 is 5.97 Å². The molecule has 3 amide bonds. The molecule has 1 aromatic carbocycles. The quantitative estimate of drug-likeness (QED) is 0.305. The lowest BCUT2D eigenvalue weighted by atomic mass is 10.0. The summed E-state index contributed by atoms with van der Waals surface area (Å²) in [5, 5.41) is 16.9. The smallest absolute Gasteiger partial charge is 0.326 e. The van der Waals surface area contributed by atoms with Crippen LogP contribution in [0.1, 0.15) is 25.8 Å². The fourth-order valence-corrected chi connectivity index (χ4v) is 3.00. The second-order valence-electron chi connectivity index (χ2n) is 6.95. The Kier molecular flexibility index (Phi) is 10.9. The number of aliphatic carboxylic acids is 1. The van der Waals surface area contributed by atoms with Crippen LogP contribution < -0.4 is 21.7 Å². The van der Waals surface area contributed by atoms with E-state index in [2.05, 4.69) is 16.0 Å². The van der Waals surface area contributed by atoms with E-state index >= 15 is 0 Å². The number of carboxylic acids is 1. The van der Waals surface area contributed by atoms with Gasteiger partial charge in [0.15, 0.2) is 0 Å². The molecule has 0 aliphatic rings. The van der Waals surface area contributed by atoms with Gasteiger partial charge in [0.05, 0.1) is 6.04 Å². The Balaban J connectivity index is 2.92. The number of amides is 3. The van der Waals surface area contributed by atoms with E-state index in [1.54, 1.807) is 24.3 Å². The van der Waals surface area contributed by atoms with Crippen LogP contribution in [0.25, 0.3) is 0 Å². The first-order valence-electron chi connectivity index (χ1n) is 9.58. The van der Waals surface area contributed by atoms with Crippen molar-refractivity contribution in [1.29, 1.82) is 0 Å². The molecule has 0 bridgehead atoms. The predicted molar refractivity (Wildman–Crippen MR) is 116 cm³/mol. The van der Waals surface area contributed by atoms with E-state index in [0.717, 1.165) is 5.56 Å². The maximum atomic E-state index is 12.8. The SMILES string of the molecule is CSCCC(NC(=O)C(Cc1ccccc1)NC(=O)C(C)NC(=O)C(C)N)C(=O)O. The summed E-state index contributed by atoms with van der Waals surface area (Å²) in [5.74, 6) is -2.25. The van der Waals surface area contributed by atoms with Crippen molar-refractivity contribution in [3.05, 3.63) is 35.9 Å². The molecule has 4 unspecified atom stereocenters. The second-order valence-corrected chi connectivity index (χ2v) is 7.94. The third-order valence-electron chi connectivity index (χ3n) is 4.31. The highest BCUT2D eigenvalue weighted by molar-refractivity contribution is 7.98. The van der Waals surface area contributed by atoms with Gasteiger partial charge in [-0.25, -0.2) is 4.79 Å². The minimum atomic E-state index is -1.14. The van der Waals surface area contributed by atoms with Crippen LogP contribution in [0.2, 0.25) is 0 Å². The number of thioether (sulfide) groups is 1. The molecule has 0 radical (unpaired) electrons. The third-order valence-corrected chi connectivity index (χ3v) is 4.95. The maximum absolute atomic E-state index is 12.8. The molecule has 0 fully saturated rings. The first-order valence-corrected chi connectivity index (χ1v) is 11.0. The van der Waals surface area contributed by atoms with E-state index in [1.165, 1.54) is 25.6 Å². The van der Waals surface area contributed by atoms with Gasteiger partial charge < -0.3 is 26.8 Å². The van der Waals surface area contributed by atoms with E-state index in [1.807, 2.05) is 12.3 Å². The molecular weight excluding hydrogens is 408 g/mol. The molecule has 6 N–H and O–H groups in total. The van der Waals surface area contributed by atoms with Gasteiger partial charge in [0.2, 0.25) is 17.7 Å². The fourth-order valence-electron chi connectivity index (χ4n) is 2.53. The van der Waals surface area contributed by atoms with Crippen LogP contribution in [0.3, 0.4) is 0 Å². The Bertz CT molecular complexity index is 729. The molecule has 0 aromatic heterocycles. The number of benzene rings is 1. The first kappa shape index (κ1) is 25.4. The van der Waals surface area contributed by atoms with E-state index < -0.39 is 47.9 Å². The van der Waals surface area contributed by atoms with Gasteiger partial charge in [0.1, 0.15) is 18.1 Å². The van der Waals surface area contributed by atoms with Crippen LogP contribution in [0.5, 0.6) is 0 Å². The number of hydrogen-bond acceptors (Lipinski definition) is 6. The Morgan fingerprint density at radius 1 is 0.967 bits per heavy atom. The van der Waals surface area contributed by atoms with Gasteiger partial charge in [-0.1, -0.05) is 30.3 Å². The first-order chi connectivity index (χ1) is 14.1. The number of carbonyl (C=O) groups excluding carboxylic acids is 3. The predicted octanol–water partition coefficient (Wildman–Crippen LogP) is -0.112. The average molecular weight is 439 g/mol. The molecule has 0 aliphatic carbocycles. The van der Waals surface area contributed by atoms with Gasteiger partial charge in [0, 0.05) is 6.42 Å². The highest BCUT2D eigenvalue weighted by Crippen LogP contribution is 2.06. The van der Waals surface area contributed by atoms with E-state index in [0.29, 0.717) is 5.75 Å². The normalized spacial score (nSPS) is 14.7. The number of rotatable bonds is 12. The van der Waals surface area contributed by atoms with Crippen molar-refractivity contribution in [2.45, 2.75) is 50.9 Å². The lowest BCUT2D eigenvalue weighted by molar-refractivity contribution is -0.142. The van der Waals surface area contributed by atoms with E-state index in [4.69, 9.17) is 5.73 Å². The van der Waals surface area contributed by atoms with Gasteiger partial charge in [0.25, 0.3) is 0 Å². The fraction of sp³-hybridized carbons (Fsp3) is 0.500. The van der Waals surface area contributed by atoms with Gasteiger partial charge in [-0.3, -0.25) is 14.4 Å². The van der Waals surface area contributed by atoms with E-state index in [9.17, 15) is 24.3 Å². The summed E-state index contributed by atoms with van der Waals surface area (Å²) >= 11 is 1.47. The van der Waals surface area contributed by atoms with Gasteiger partial charge in [-0.15, -0.1) is 0 Å². The monoisotopic (exact) mass is 438 g/mol. The highest BCUT2D eigenvalue weighted by atomic mass is 32.2. The summed E-state index contributed by atoms with van der Waals surface area (Å²) in [6, 6.07) is 5.27. The molecule has 30 heavy (non-hydrogen) atoms. The van der Waals surface area contributed by atoms with E-state index in [-0.39, 0.29) is 12.8 Å². The molecule has 0 spiro atoms. The van der Waals surface area contributed by atoms with Crippen LogP contribution in [-0.2, 0) is 25.6 Å². The molecule has 10 heteroatoms. The molecule has 0 aliphatic heterocycles. The van der Waals surface area contributed by atoms with Crippen LogP contribution >= 0.6 is 11.8 Å². The van der Waals surface area contributed by atoms with Crippen molar-refractivity contribution in [2.24, 2.45) is 5.73 Å². The third kappa shape index (κ3) is 8.83. The number of carbonyl (C=O) groups is 4. The van der Waals surface area contributed by atoms with Crippen LogP contribution in [0.15, 0.2) is 30.3 Å². The Labute approximate surface area is 180 Å². The topological polar surface area (TPSA) is 151 Å². The summed E-state index contributed by atoms with van der Waals surface area (Å²) in [6.07, 6.45) is 2.27. The molecule has 0 heterocycles. The standard InChI is InChI=1S/C20H30N4O5S/c1-12(21)17(25)22-13(2)18(26)24-16(11-14-7-5-4-6-8-14)19(27)23-15(20(28)29)9-10-30-3/h4-8,12-13,15-16H,9-11,21H2,1-3H3,(H,22,25)(H,23,27)(H,24,26)(H,28,29). The van der Waals surface area contributed by atoms with Crippen LogP contribution in [0, 0.1) is 0 Å².